The van der Waals surface area contributed by atoms with Gasteiger partial charge in [0.2, 0.25) is 5.67 Å². The van der Waals surface area contributed by atoms with Crippen molar-refractivity contribution in [2.75, 3.05) is 0 Å². The predicted octanol–water partition coefficient (Wildman–Crippen LogP) is 3.99. The zero-order valence-electron chi connectivity index (χ0n) is 11.4. The van der Waals surface area contributed by atoms with Crippen LogP contribution in [0.15, 0.2) is 24.3 Å². The second-order valence-corrected chi connectivity index (χ2v) is 6.13. The first kappa shape index (κ1) is 15.9. The van der Waals surface area contributed by atoms with E-state index in [1.807, 2.05) is 0 Å². The van der Waals surface area contributed by atoms with Crippen molar-refractivity contribution in [3.8, 4) is 0 Å². The number of hydrogen-bond acceptors (Lipinski definition) is 1. The van der Waals surface area contributed by atoms with Crippen molar-refractivity contribution in [2.24, 2.45) is 0 Å². The summed E-state index contributed by atoms with van der Waals surface area (Å²) in [6.45, 7) is 6.05. The van der Waals surface area contributed by atoms with Gasteiger partial charge in [-0.05, 0) is 45.4 Å². The smallest absolute Gasteiger partial charge is 0.261 e. The maximum Gasteiger partial charge on any atom is 0.261 e. The quantitative estimate of drug-likeness (QED) is 0.895. The Hall–Kier alpha value is -1.16. The zero-order chi connectivity index (χ0) is 14.8. The van der Waals surface area contributed by atoms with Gasteiger partial charge in [0.05, 0.1) is 0 Å². The molecule has 0 unspecified atom stereocenters. The fourth-order valence-electron chi connectivity index (χ4n) is 1.52. The Morgan fingerprint density at radius 3 is 2.11 bits per heavy atom. The molecule has 0 fully saturated rings. The number of rotatable bonds is 3. The molecule has 0 aromatic heterocycles. The van der Waals surface area contributed by atoms with Gasteiger partial charge in [-0.3, -0.25) is 4.79 Å². The molecule has 0 bridgehead atoms. The minimum atomic E-state index is -2.64. The molecule has 0 heterocycles. The number of amides is 1. The topological polar surface area (TPSA) is 29.1 Å². The Bertz CT molecular complexity index is 452. The molecule has 0 aliphatic rings. The van der Waals surface area contributed by atoms with Crippen LogP contribution in [0.1, 0.15) is 39.4 Å². The summed E-state index contributed by atoms with van der Waals surface area (Å²) < 4.78 is 28.6. The van der Waals surface area contributed by atoms with Crippen molar-refractivity contribution in [2.45, 2.75) is 45.1 Å². The third-order valence-electron chi connectivity index (χ3n) is 2.57. The van der Waals surface area contributed by atoms with Gasteiger partial charge in [-0.2, -0.15) is 0 Å². The molecule has 106 valence electrons. The lowest BCUT2D eigenvalue weighted by atomic mass is 9.94. The predicted molar refractivity (Wildman–Crippen MR) is 72.7 cm³/mol. The maximum absolute atomic E-state index is 14.4. The second-order valence-electron chi connectivity index (χ2n) is 5.69. The summed E-state index contributed by atoms with van der Waals surface area (Å²) in [6.07, 6.45) is -2.05. The van der Waals surface area contributed by atoms with Crippen LogP contribution in [0.5, 0.6) is 0 Å². The van der Waals surface area contributed by atoms with E-state index in [1.54, 1.807) is 20.8 Å². The summed E-state index contributed by atoms with van der Waals surface area (Å²) in [6, 6.07) is 5.66. The minimum absolute atomic E-state index is 0.0819. The van der Waals surface area contributed by atoms with Crippen molar-refractivity contribution < 1.29 is 13.6 Å². The Morgan fingerprint density at radius 2 is 1.68 bits per heavy atom. The molecule has 0 spiro atoms. The fourth-order valence-corrected chi connectivity index (χ4v) is 1.65. The molecule has 5 heteroatoms. The first-order valence-electron chi connectivity index (χ1n) is 5.95. The molecular formula is C14H18ClF2NO. The van der Waals surface area contributed by atoms with Crippen molar-refractivity contribution in [1.82, 2.24) is 5.32 Å². The highest BCUT2D eigenvalue weighted by Crippen LogP contribution is 2.34. The first-order chi connectivity index (χ1) is 8.54. The van der Waals surface area contributed by atoms with E-state index < -0.39 is 23.3 Å². The van der Waals surface area contributed by atoms with E-state index >= 15 is 0 Å². The molecular weight excluding hydrogens is 272 g/mol. The van der Waals surface area contributed by atoms with Crippen molar-refractivity contribution in [3.63, 3.8) is 0 Å². The molecule has 0 aliphatic heterocycles. The largest absolute Gasteiger partial charge is 0.349 e. The molecule has 1 aromatic carbocycles. The third kappa shape index (κ3) is 4.16. The van der Waals surface area contributed by atoms with Gasteiger partial charge in [0.15, 0.2) is 6.17 Å². The monoisotopic (exact) mass is 289 g/mol. The summed E-state index contributed by atoms with van der Waals surface area (Å²) in [5, 5.41) is 2.87. The third-order valence-corrected chi connectivity index (χ3v) is 2.82. The van der Waals surface area contributed by atoms with Crippen LogP contribution in [0.25, 0.3) is 0 Å². The number of carbonyl (C=O) groups is 1. The van der Waals surface area contributed by atoms with E-state index in [0.717, 1.165) is 6.92 Å². The van der Waals surface area contributed by atoms with E-state index in [-0.39, 0.29) is 5.56 Å². The van der Waals surface area contributed by atoms with Gasteiger partial charge >= 0.3 is 0 Å². The average Bonchev–Trinajstić information content (AvgIpc) is 2.26. The lowest BCUT2D eigenvalue weighted by Gasteiger charge is -2.29. The SMILES string of the molecule is CC(C)(C)NC(=O)[C@@](C)(F)[C@@H](F)c1ccc(Cl)cc1. The highest BCUT2D eigenvalue weighted by molar-refractivity contribution is 6.30. The van der Waals surface area contributed by atoms with Crippen LogP contribution in [0.3, 0.4) is 0 Å². The molecule has 0 saturated carbocycles. The molecule has 1 N–H and O–H groups in total. The highest BCUT2D eigenvalue weighted by atomic mass is 35.5. The summed E-state index contributed by atoms with van der Waals surface area (Å²) in [5.41, 5.74) is -3.18. The van der Waals surface area contributed by atoms with E-state index in [2.05, 4.69) is 5.32 Å². The minimum Gasteiger partial charge on any atom is -0.349 e. The fraction of sp³-hybridized carbons (Fsp3) is 0.500. The van der Waals surface area contributed by atoms with E-state index in [9.17, 15) is 13.6 Å². The standard InChI is InChI=1S/C14H18ClF2NO/c1-13(2,3)18-12(19)14(4,17)11(16)9-5-7-10(15)8-6-9/h5-8,11H,1-4H3,(H,18,19)/t11-,14-/m0/s1. The number of alkyl halides is 2. The van der Waals surface area contributed by atoms with Crippen molar-refractivity contribution in [1.29, 1.82) is 0 Å². The average molecular weight is 290 g/mol. The number of halogens is 3. The Morgan fingerprint density at radius 1 is 1.21 bits per heavy atom. The van der Waals surface area contributed by atoms with Crippen molar-refractivity contribution >= 4 is 17.5 Å². The number of nitrogens with one attached hydrogen (secondary N) is 1. The Balaban J connectivity index is 2.92. The highest BCUT2D eigenvalue weighted by Gasteiger charge is 2.44. The molecule has 0 radical (unpaired) electrons. The Kier molecular flexibility index (Phi) is 4.56. The van der Waals surface area contributed by atoms with Crippen LogP contribution >= 0.6 is 11.6 Å². The summed E-state index contributed by atoms with van der Waals surface area (Å²) in [4.78, 5) is 11.8. The van der Waals surface area contributed by atoms with E-state index in [4.69, 9.17) is 11.6 Å². The number of hydrogen-bond donors (Lipinski definition) is 1. The van der Waals surface area contributed by atoms with E-state index in [1.165, 1.54) is 24.3 Å². The van der Waals surface area contributed by atoms with Crippen LogP contribution in [-0.2, 0) is 4.79 Å². The van der Waals surface area contributed by atoms with Crippen LogP contribution in [0.4, 0.5) is 8.78 Å². The molecule has 1 rings (SSSR count). The van der Waals surface area contributed by atoms with Gasteiger partial charge in [-0.1, -0.05) is 23.7 Å². The van der Waals surface area contributed by atoms with Crippen LogP contribution < -0.4 is 5.32 Å². The molecule has 1 amide bonds. The van der Waals surface area contributed by atoms with Crippen LogP contribution in [0, 0.1) is 0 Å². The van der Waals surface area contributed by atoms with E-state index in [0.29, 0.717) is 5.02 Å². The molecule has 2 nitrogen and oxygen atoms in total. The first-order valence-corrected chi connectivity index (χ1v) is 6.33. The summed E-state index contributed by atoms with van der Waals surface area (Å²) >= 11 is 5.68. The van der Waals surface area contributed by atoms with Crippen LogP contribution in [0.2, 0.25) is 5.02 Å². The molecule has 0 saturated heterocycles. The van der Waals surface area contributed by atoms with Gasteiger partial charge in [-0.15, -0.1) is 0 Å². The molecule has 1 aromatic rings. The normalized spacial score (nSPS) is 16.6. The molecule has 0 aliphatic carbocycles. The zero-order valence-corrected chi connectivity index (χ0v) is 12.2. The molecule has 19 heavy (non-hydrogen) atoms. The lowest BCUT2D eigenvalue weighted by molar-refractivity contribution is -0.137. The summed E-state index contributed by atoms with van der Waals surface area (Å²) in [5.74, 6) is -0.970. The maximum atomic E-state index is 14.4. The van der Waals surface area contributed by atoms with Gasteiger partial charge in [-0.25, -0.2) is 8.78 Å². The van der Waals surface area contributed by atoms with Crippen LogP contribution in [-0.4, -0.2) is 17.1 Å². The molecule has 2 atom stereocenters. The van der Waals surface area contributed by atoms with Gasteiger partial charge in [0.1, 0.15) is 0 Å². The van der Waals surface area contributed by atoms with Crippen molar-refractivity contribution in [3.05, 3.63) is 34.9 Å². The number of carbonyl (C=O) groups excluding carboxylic acids is 1. The number of benzene rings is 1. The van der Waals surface area contributed by atoms with Gasteiger partial charge < -0.3 is 5.32 Å². The lowest BCUT2D eigenvalue weighted by Crippen LogP contribution is -2.51. The van der Waals surface area contributed by atoms with Gasteiger partial charge in [0.25, 0.3) is 5.91 Å². The summed E-state index contributed by atoms with van der Waals surface area (Å²) in [7, 11) is 0. The second kappa shape index (κ2) is 5.45. The van der Waals surface area contributed by atoms with Gasteiger partial charge in [0, 0.05) is 10.6 Å². The Labute approximate surface area is 117 Å².